The van der Waals surface area contributed by atoms with Gasteiger partial charge in [0.25, 0.3) is 0 Å². The topological polar surface area (TPSA) is 6.48 Å². The molecule has 0 unspecified atom stereocenters. The van der Waals surface area contributed by atoms with Gasteiger partial charge in [0.2, 0.25) is 0 Å². The van der Waals surface area contributed by atoms with Gasteiger partial charge in [0.15, 0.2) is 0 Å². The molecule has 1 aromatic rings. The lowest BCUT2D eigenvalue weighted by atomic mass is 9.78. The monoisotopic (exact) mass is 326 g/mol. The van der Waals surface area contributed by atoms with Crippen molar-refractivity contribution < 1.29 is 0 Å². The van der Waals surface area contributed by atoms with Crippen LogP contribution in [0.2, 0.25) is 0 Å². The van der Waals surface area contributed by atoms with Gasteiger partial charge in [-0.15, -0.1) is 0 Å². The minimum Gasteiger partial charge on any atom is -0.298 e. The van der Waals surface area contributed by atoms with Crippen molar-refractivity contribution in [2.75, 3.05) is 19.6 Å². The predicted molar refractivity (Wildman–Crippen MR) is 101 cm³/mol. The molecule has 2 nitrogen and oxygen atoms in total. The van der Waals surface area contributed by atoms with E-state index in [1.165, 1.54) is 75.7 Å². The van der Waals surface area contributed by atoms with Crippen LogP contribution in [0.1, 0.15) is 63.0 Å². The molecule has 0 radical (unpaired) electrons. The number of benzene rings is 1. The van der Waals surface area contributed by atoms with Crippen LogP contribution in [0.3, 0.4) is 0 Å². The third-order valence-corrected chi connectivity index (χ3v) is 6.85. The molecule has 0 N–H and O–H groups in total. The summed E-state index contributed by atoms with van der Waals surface area (Å²) in [5.74, 6) is 0.944. The highest BCUT2D eigenvalue weighted by atomic mass is 15.3. The summed E-state index contributed by atoms with van der Waals surface area (Å²) in [6.07, 6.45) is 11.3. The summed E-state index contributed by atoms with van der Waals surface area (Å²) >= 11 is 0. The van der Waals surface area contributed by atoms with Crippen molar-refractivity contribution in [2.45, 2.75) is 76.9 Å². The molecular weight excluding hydrogens is 292 g/mol. The maximum absolute atomic E-state index is 2.86. The van der Waals surface area contributed by atoms with Crippen LogP contribution in [0.25, 0.3) is 0 Å². The molecule has 0 bridgehead atoms. The maximum atomic E-state index is 2.86. The van der Waals surface area contributed by atoms with Crippen LogP contribution in [-0.2, 0) is 13.0 Å². The Bertz CT molecular complexity index is 517. The Balaban J connectivity index is 1.52. The summed E-state index contributed by atoms with van der Waals surface area (Å²) in [4.78, 5) is 5.68. The number of hydrogen-bond donors (Lipinski definition) is 0. The average molecular weight is 327 g/mol. The van der Waals surface area contributed by atoms with Gasteiger partial charge in [-0.05, 0) is 55.7 Å². The molecule has 1 aromatic carbocycles. The molecule has 1 aliphatic carbocycles. The van der Waals surface area contributed by atoms with Gasteiger partial charge < -0.3 is 0 Å². The number of piperazine rings is 1. The second-order valence-corrected chi connectivity index (χ2v) is 8.27. The summed E-state index contributed by atoms with van der Waals surface area (Å²) < 4.78 is 0. The third kappa shape index (κ3) is 3.41. The molecule has 2 saturated heterocycles. The number of fused-ring (bicyclic) bond motifs is 1. The van der Waals surface area contributed by atoms with Crippen molar-refractivity contribution >= 4 is 0 Å². The number of nitrogens with zero attached hydrogens (tertiary/aromatic N) is 2. The van der Waals surface area contributed by atoms with Crippen LogP contribution >= 0.6 is 0 Å². The zero-order chi connectivity index (χ0) is 16.4. The lowest BCUT2D eigenvalue weighted by Gasteiger charge is -2.49. The fraction of sp³-hybridized carbons (Fsp3) is 0.727. The van der Waals surface area contributed by atoms with Gasteiger partial charge in [-0.3, -0.25) is 9.80 Å². The van der Waals surface area contributed by atoms with Gasteiger partial charge in [-0.25, -0.2) is 0 Å². The number of rotatable bonds is 4. The molecule has 1 saturated carbocycles. The third-order valence-electron chi connectivity index (χ3n) is 6.85. The van der Waals surface area contributed by atoms with Gasteiger partial charge in [-0.1, -0.05) is 50.5 Å². The van der Waals surface area contributed by atoms with Crippen LogP contribution in [0.4, 0.5) is 0 Å². The molecular formula is C22H34N2. The molecule has 2 aliphatic heterocycles. The zero-order valence-corrected chi connectivity index (χ0v) is 15.4. The molecule has 2 atom stereocenters. The molecule has 132 valence electrons. The van der Waals surface area contributed by atoms with E-state index < -0.39 is 0 Å². The Kier molecular flexibility index (Phi) is 5.24. The van der Waals surface area contributed by atoms with Gasteiger partial charge in [0.1, 0.15) is 0 Å². The Morgan fingerprint density at radius 1 is 0.833 bits per heavy atom. The second kappa shape index (κ2) is 7.58. The lowest BCUT2D eigenvalue weighted by molar-refractivity contribution is -0.00380. The Morgan fingerprint density at radius 3 is 2.33 bits per heavy atom. The molecule has 2 heteroatoms. The first-order valence-electron chi connectivity index (χ1n) is 10.4. The fourth-order valence-electron chi connectivity index (χ4n) is 5.55. The Hall–Kier alpha value is -0.860. The van der Waals surface area contributed by atoms with Crippen molar-refractivity contribution in [3.05, 3.63) is 35.4 Å². The Morgan fingerprint density at radius 2 is 1.58 bits per heavy atom. The van der Waals surface area contributed by atoms with E-state index in [1.54, 1.807) is 0 Å². The van der Waals surface area contributed by atoms with Crippen LogP contribution in [0, 0.1) is 5.92 Å². The van der Waals surface area contributed by atoms with E-state index in [9.17, 15) is 0 Å². The summed E-state index contributed by atoms with van der Waals surface area (Å²) in [6, 6.07) is 11.1. The molecule has 3 fully saturated rings. The van der Waals surface area contributed by atoms with Crippen molar-refractivity contribution in [2.24, 2.45) is 5.92 Å². The minimum atomic E-state index is 0.812. The summed E-state index contributed by atoms with van der Waals surface area (Å²) in [6.45, 7) is 7.32. The Labute approximate surface area is 148 Å². The number of hydrogen-bond acceptors (Lipinski definition) is 2. The fourth-order valence-corrected chi connectivity index (χ4v) is 5.55. The highest BCUT2D eigenvalue weighted by molar-refractivity contribution is 5.22. The molecule has 0 spiro atoms. The van der Waals surface area contributed by atoms with Crippen molar-refractivity contribution in [3.63, 3.8) is 0 Å². The van der Waals surface area contributed by atoms with Crippen LogP contribution < -0.4 is 0 Å². The van der Waals surface area contributed by atoms with E-state index in [1.807, 2.05) is 0 Å². The van der Waals surface area contributed by atoms with Crippen LogP contribution in [0.5, 0.6) is 0 Å². The molecule has 0 amide bonds. The zero-order valence-electron chi connectivity index (χ0n) is 15.4. The summed E-state index contributed by atoms with van der Waals surface area (Å²) in [5, 5.41) is 0. The van der Waals surface area contributed by atoms with Crippen molar-refractivity contribution in [1.29, 1.82) is 0 Å². The van der Waals surface area contributed by atoms with E-state index in [4.69, 9.17) is 0 Å². The summed E-state index contributed by atoms with van der Waals surface area (Å²) in [7, 11) is 0. The van der Waals surface area contributed by atoms with Gasteiger partial charge >= 0.3 is 0 Å². The maximum Gasteiger partial charge on any atom is 0.0283 e. The van der Waals surface area contributed by atoms with Crippen molar-refractivity contribution in [1.82, 2.24) is 9.80 Å². The highest BCUT2D eigenvalue weighted by Crippen LogP contribution is 2.38. The summed E-state index contributed by atoms with van der Waals surface area (Å²) in [5.41, 5.74) is 2.97. The highest BCUT2D eigenvalue weighted by Gasteiger charge is 2.42. The quantitative estimate of drug-likeness (QED) is 0.805. The van der Waals surface area contributed by atoms with Gasteiger partial charge in [0, 0.05) is 31.7 Å². The predicted octanol–water partition coefficient (Wildman–Crippen LogP) is 4.48. The first-order chi connectivity index (χ1) is 11.8. The van der Waals surface area contributed by atoms with Crippen LogP contribution in [-0.4, -0.2) is 41.5 Å². The van der Waals surface area contributed by atoms with Crippen molar-refractivity contribution in [3.8, 4) is 0 Å². The SMILES string of the molecule is CCc1ccc(CN2CCN3CCC[C@@H]3[C@H]2C2CCCCC2)cc1. The first-order valence-corrected chi connectivity index (χ1v) is 10.4. The number of aryl methyl sites for hydroxylation is 1. The molecule has 2 heterocycles. The van der Waals surface area contributed by atoms with Gasteiger partial charge in [-0.2, -0.15) is 0 Å². The molecule has 24 heavy (non-hydrogen) atoms. The van der Waals surface area contributed by atoms with E-state index in [2.05, 4.69) is 41.0 Å². The largest absolute Gasteiger partial charge is 0.298 e. The normalized spacial score (nSPS) is 29.7. The van der Waals surface area contributed by atoms with E-state index >= 15 is 0 Å². The molecule has 3 aliphatic rings. The van der Waals surface area contributed by atoms with E-state index in [0.29, 0.717) is 0 Å². The van der Waals surface area contributed by atoms with E-state index in [0.717, 1.165) is 31.0 Å². The van der Waals surface area contributed by atoms with Gasteiger partial charge in [0.05, 0.1) is 0 Å². The molecule has 0 aromatic heterocycles. The molecule has 4 rings (SSSR count). The minimum absolute atomic E-state index is 0.812. The van der Waals surface area contributed by atoms with Crippen LogP contribution in [0.15, 0.2) is 24.3 Å². The average Bonchev–Trinajstić information content (AvgIpc) is 3.11. The standard InChI is InChI=1S/C22H34N2/c1-2-18-10-12-19(13-11-18)17-24-16-15-23-14-6-9-21(23)22(24)20-7-4-3-5-8-20/h10-13,20-22H,2-9,14-17H2,1H3/t21-,22-/m1/s1. The second-order valence-electron chi connectivity index (χ2n) is 8.27. The first kappa shape index (κ1) is 16.6. The van der Waals surface area contributed by atoms with E-state index in [-0.39, 0.29) is 0 Å². The lowest BCUT2D eigenvalue weighted by Crippen LogP contribution is -2.59. The smallest absolute Gasteiger partial charge is 0.0283 e.